The lowest BCUT2D eigenvalue weighted by molar-refractivity contribution is 0.0524. The largest absolute Gasteiger partial charge is 0.462 e. The average molecular weight is 329 g/mol. The van der Waals surface area contributed by atoms with Crippen molar-refractivity contribution in [3.05, 3.63) is 40.2 Å². The Morgan fingerprint density at radius 3 is 2.67 bits per heavy atom. The lowest BCUT2D eigenvalue weighted by Crippen LogP contribution is -2.43. The number of nitrogens with one attached hydrogen (secondary N) is 1. The molecule has 1 aliphatic heterocycles. The zero-order valence-electron chi connectivity index (χ0n) is 14.2. The van der Waals surface area contributed by atoms with Gasteiger partial charge >= 0.3 is 5.97 Å². The zero-order valence-corrected chi connectivity index (χ0v) is 14.2. The Morgan fingerprint density at radius 1 is 1.25 bits per heavy atom. The van der Waals surface area contributed by atoms with E-state index in [9.17, 15) is 9.59 Å². The number of esters is 1. The highest BCUT2D eigenvalue weighted by atomic mass is 16.5. The summed E-state index contributed by atoms with van der Waals surface area (Å²) in [6.07, 6.45) is 1.60. The van der Waals surface area contributed by atoms with Crippen LogP contribution in [0.3, 0.4) is 0 Å². The van der Waals surface area contributed by atoms with E-state index in [4.69, 9.17) is 4.74 Å². The van der Waals surface area contributed by atoms with Crippen molar-refractivity contribution < 1.29 is 9.53 Å². The van der Waals surface area contributed by atoms with Crippen molar-refractivity contribution in [3.8, 4) is 0 Å². The number of ether oxygens (including phenoxy) is 1. The van der Waals surface area contributed by atoms with E-state index in [1.54, 1.807) is 13.1 Å². The van der Waals surface area contributed by atoms with Gasteiger partial charge in [0, 0.05) is 50.0 Å². The predicted octanol–water partition coefficient (Wildman–Crippen LogP) is 1.61. The molecule has 1 fully saturated rings. The van der Waals surface area contributed by atoms with Gasteiger partial charge in [-0.05, 0) is 32.0 Å². The Bertz CT molecular complexity index is 807. The van der Waals surface area contributed by atoms with E-state index in [0.29, 0.717) is 11.9 Å². The fourth-order valence-corrected chi connectivity index (χ4v) is 3.12. The number of hydrogen-bond donors (Lipinski definition) is 1. The molecule has 1 aromatic heterocycles. The van der Waals surface area contributed by atoms with E-state index >= 15 is 0 Å². The van der Waals surface area contributed by atoms with Gasteiger partial charge in [-0.3, -0.25) is 4.79 Å². The fourth-order valence-electron chi connectivity index (χ4n) is 3.12. The summed E-state index contributed by atoms with van der Waals surface area (Å²) >= 11 is 0. The Morgan fingerprint density at radius 2 is 2.00 bits per heavy atom. The lowest BCUT2D eigenvalue weighted by Gasteiger charge is -2.29. The maximum atomic E-state index is 12.8. The first-order valence-electron chi connectivity index (χ1n) is 8.45. The topological polar surface area (TPSA) is 63.6 Å². The first-order chi connectivity index (χ1) is 11.7. The summed E-state index contributed by atoms with van der Waals surface area (Å²) in [6.45, 7) is 8.33. The Balaban J connectivity index is 2.13. The number of carbonyl (C=O) groups is 1. The number of carbonyl (C=O) groups excluding carboxylic acids is 1. The molecule has 6 heteroatoms. The molecule has 128 valence electrons. The van der Waals surface area contributed by atoms with Crippen LogP contribution >= 0.6 is 0 Å². The van der Waals surface area contributed by atoms with Gasteiger partial charge in [0.15, 0.2) is 0 Å². The number of pyridine rings is 1. The summed E-state index contributed by atoms with van der Waals surface area (Å²) in [5.41, 5.74) is 1.70. The van der Waals surface area contributed by atoms with Crippen molar-refractivity contribution in [1.82, 2.24) is 9.88 Å². The molecular weight excluding hydrogens is 306 g/mol. The molecule has 0 aliphatic carbocycles. The Labute approximate surface area is 141 Å². The van der Waals surface area contributed by atoms with Gasteiger partial charge < -0.3 is 19.5 Å². The van der Waals surface area contributed by atoms with Crippen LogP contribution in [0, 0.1) is 0 Å². The van der Waals surface area contributed by atoms with Crippen LogP contribution in [0.4, 0.5) is 5.69 Å². The van der Waals surface area contributed by atoms with Crippen molar-refractivity contribution in [2.24, 2.45) is 0 Å². The highest BCUT2D eigenvalue weighted by Crippen LogP contribution is 2.21. The number of rotatable bonds is 4. The van der Waals surface area contributed by atoms with Crippen molar-refractivity contribution in [1.29, 1.82) is 0 Å². The molecule has 1 aliphatic rings. The third-order valence-corrected chi connectivity index (χ3v) is 4.38. The van der Waals surface area contributed by atoms with E-state index in [2.05, 4.69) is 10.2 Å². The maximum absolute atomic E-state index is 12.8. The normalized spacial score (nSPS) is 14.8. The monoisotopic (exact) mass is 329 g/mol. The van der Waals surface area contributed by atoms with Gasteiger partial charge in [-0.2, -0.15) is 0 Å². The summed E-state index contributed by atoms with van der Waals surface area (Å²) in [4.78, 5) is 27.2. The summed E-state index contributed by atoms with van der Waals surface area (Å²) < 4.78 is 6.95. The third-order valence-electron chi connectivity index (χ3n) is 4.38. The average Bonchev–Trinajstić information content (AvgIpc) is 2.63. The SMILES string of the molecule is CCOC(=O)c1cn(CC)c2ccc(N3CCNCC3)cc2c1=O. The molecule has 0 saturated carbocycles. The van der Waals surface area contributed by atoms with Crippen LogP contribution < -0.4 is 15.6 Å². The summed E-state index contributed by atoms with van der Waals surface area (Å²) in [7, 11) is 0. The second kappa shape index (κ2) is 7.05. The second-order valence-electron chi connectivity index (χ2n) is 5.82. The molecule has 1 aromatic carbocycles. The number of fused-ring (bicyclic) bond motifs is 1. The van der Waals surface area contributed by atoms with Crippen LogP contribution in [0.1, 0.15) is 24.2 Å². The van der Waals surface area contributed by atoms with E-state index in [-0.39, 0.29) is 17.6 Å². The molecule has 2 heterocycles. The van der Waals surface area contributed by atoms with Gasteiger partial charge in [0.2, 0.25) is 5.43 Å². The van der Waals surface area contributed by atoms with E-state index in [1.165, 1.54) is 0 Å². The molecule has 1 N–H and O–H groups in total. The molecule has 0 amide bonds. The second-order valence-corrected chi connectivity index (χ2v) is 5.82. The molecule has 0 unspecified atom stereocenters. The van der Waals surface area contributed by atoms with E-state index < -0.39 is 5.97 Å². The van der Waals surface area contributed by atoms with Crippen LogP contribution in [-0.4, -0.2) is 43.3 Å². The van der Waals surface area contributed by atoms with Gasteiger partial charge in [0.05, 0.1) is 12.1 Å². The van der Waals surface area contributed by atoms with Gasteiger partial charge in [-0.25, -0.2) is 4.79 Å². The molecule has 24 heavy (non-hydrogen) atoms. The first-order valence-corrected chi connectivity index (χ1v) is 8.45. The number of nitrogens with zero attached hydrogens (tertiary/aromatic N) is 2. The Hall–Kier alpha value is -2.34. The summed E-state index contributed by atoms with van der Waals surface area (Å²) in [6, 6.07) is 5.91. The van der Waals surface area contributed by atoms with E-state index in [0.717, 1.165) is 37.4 Å². The summed E-state index contributed by atoms with van der Waals surface area (Å²) in [5.74, 6) is -0.556. The van der Waals surface area contributed by atoms with Crippen molar-refractivity contribution in [2.75, 3.05) is 37.7 Å². The number of benzene rings is 1. The highest BCUT2D eigenvalue weighted by Gasteiger charge is 2.18. The van der Waals surface area contributed by atoms with Crippen LogP contribution in [0.5, 0.6) is 0 Å². The minimum Gasteiger partial charge on any atom is -0.462 e. The molecular formula is C18H23N3O3. The quantitative estimate of drug-likeness (QED) is 0.864. The third kappa shape index (κ3) is 3.01. The fraction of sp³-hybridized carbons (Fsp3) is 0.444. The number of anilines is 1. The van der Waals surface area contributed by atoms with Gasteiger partial charge in [0.1, 0.15) is 5.56 Å². The van der Waals surface area contributed by atoms with Crippen molar-refractivity contribution >= 4 is 22.6 Å². The molecule has 6 nitrogen and oxygen atoms in total. The van der Waals surface area contributed by atoms with E-state index in [1.807, 2.05) is 29.7 Å². The smallest absolute Gasteiger partial charge is 0.343 e. The maximum Gasteiger partial charge on any atom is 0.343 e. The van der Waals surface area contributed by atoms with Crippen molar-refractivity contribution in [3.63, 3.8) is 0 Å². The molecule has 0 radical (unpaired) electrons. The van der Waals surface area contributed by atoms with Crippen LogP contribution in [0.2, 0.25) is 0 Å². The number of hydrogen-bond acceptors (Lipinski definition) is 5. The predicted molar refractivity (Wildman–Crippen MR) is 94.9 cm³/mol. The number of aryl methyl sites for hydroxylation is 1. The zero-order chi connectivity index (χ0) is 17.1. The van der Waals surface area contributed by atoms with Crippen LogP contribution in [0.15, 0.2) is 29.2 Å². The molecule has 0 spiro atoms. The lowest BCUT2D eigenvalue weighted by atomic mass is 10.1. The minimum absolute atomic E-state index is 0.101. The van der Waals surface area contributed by atoms with Crippen LogP contribution in [-0.2, 0) is 11.3 Å². The van der Waals surface area contributed by atoms with Gasteiger partial charge in [-0.1, -0.05) is 0 Å². The first kappa shape index (κ1) is 16.5. The number of aromatic nitrogens is 1. The van der Waals surface area contributed by atoms with Gasteiger partial charge in [0.25, 0.3) is 0 Å². The van der Waals surface area contributed by atoms with Crippen LogP contribution in [0.25, 0.3) is 10.9 Å². The standard InChI is InChI=1S/C18H23N3O3/c1-3-20-12-15(18(23)24-4-2)17(22)14-11-13(5-6-16(14)20)21-9-7-19-8-10-21/h5-6,11-12,19H,3-4,7-10H2,1-2H3. The highest BCUT2D eigenvalue weighted by molar-refractivity contribution is 5.94. The molecule has 1 saturated heterocycles. The molecule has 0 bridgehead atoms. The molecule has 0 atom stereocenters. The number of piperazine rings is 1. The Kier molecular flexibility index (Phi) is 4.85. The van der Waals surface area contributed by atoms with Gasteiger partial charge in [-0.15, -0.1) is 0 Å². The van der Waals surface area contributed by atoms with Crippen molar-refractivity contribution in [2.45, 2.75) is 20.4 Å². The molecule has 2 aromatic rings. The molecule has 3 rings (SSSR count). The minimum atomic E-state index is -0.556. The summed E-state index contributed by atoms with van der Waals surface area (Å²) in [5, 5.41) is 3.89.